The number of hydrogen-bond acceptors (Lipinski definition) is 5. The molecule has 2 aromatic rings. The van der Waals surface area contributed by atoms with E-state index in [9.17, 15) is 0 Å². The molecule has 3 rings (SSSR count). The van der Waals surface area contributed by atoms with E-state index in [1.807, 2.05) is 14.0 Å². The van der Waals surface area contributed by atoms with Crippen LogP contribution in [0.2, 0.25) is 0 Å². The Labute approximate surface area is 120 Å². The van der Waals surface area contributed by atoms with E-state index >= 15 is 0 Å². The van der Waals surface area contributed by atoms with Crippen molar-refractivity contribution in [1.82, 2.24) is 14.8 Å². The smallest absolute Gasteiger partial charge is 0.188 e. The summed E-state index contributed by atoms with van der Waals surface area (Å²) in [5, 5.41) is 10.6. The van der Waals surface area contributed by atoms with Crippen LogP contribution in [0.5, 0.6) is 0 Å². The average Bonchev–Trinajstić information content (AvgIpc) is 3.01. The summed E-state index contributed by atoms with van der Waals surface area (Å²) < 4.78 is 1.75. The highest BCUT2D eigenvalue weighted by atomic mass is 32.1. The van der Waals surface area contributed by atoms with Gasteiger partial charge < -0.3 is 11.1 Å². The first kappa shape index (κ1) is 12.6. The Balaban J connectivity index is 1.91. The minimum atomic E-state index is 0.354. The minimum Gasteiger partial charge on any atom is -0.389 e. The summed E-state index contributed by atoms with van der Waals surface area (Å²) in [5.41, 5.74) is 8.57. The number of thiazole rings is 1. The van der Waals surface area contributed by atoms with Gasteiger partial charge in [0, 0.05) is 18.3 Å². The molecule has 19 heavy (non-hydrogen) atoms. The highest BCUT2D eigenvalue weighted by Crippen LogP contribution is 2.41. The van der Waals surface area contributed by atoms with Crippen LogP contribution in [0.25, 0.3) is 0 Å². The van der Waals surface area contributed by atoms with Crippen molar-refractivity contribution in [2.24, 2.45) is 12.8 Å². The van der Waals surface area contributed by atoms with Gasteiger partial charge >= 0.3 is 0 Å². The Morgan fingerprint density at radius 2 is 2.32 bits per heavy atom. The maximum Gasteiger partial charge on any atom is 0.188 e. The molecular weight excluding hydrogens is 278 g/mol. The molecule has 0 bridgehead atoms. The van der Waals surface area contributed by atoms with Crippen LogP contribution < -0.4 is 11.1 Å². The molecule has 1 fully saturated rings. The Morgan fingerprint density at radius 1 is 1.58 bits per heavy atom. The van der Waals surface area contributed by atoms with Crippen molar-refractivity contribution in [2.45, 2.75) is 25.7 Å². The maximum atomic E-state index is 5.77. The quantitative estimate of drug-likeness (QED) is 0.847. The lowest BCUT2D eigenvalue weighted by Gasteiger charge is -2.06. The van der Waals surface area contributed by atoms with E-state index in [1.165, 1.54) is 18.5 Å². The predicted octanol–water partition coefficient (Wildman–Crippen LogP) is 2.44. The van der Waals surface area contributed by atoms with Crippen molar-refractivity contribution in [3.63, 3.8) is 0 Å². The van der Waals surface area contributed by atoms with Gasteiger partial charge in [0.1, 0.15) is 10.8 Å². The van der Waals surface area contributed by atoms with Crippen molar-refractivity contribution >= 4 is 39.5 Å². The van der Waals surface area contributed by atoms with Crippen molar-refractivity contribution in [1.29, 1.82) is 0 Å². The second-order valence-corrected chi connectivity index (χ2v) is 6.07. The minimum absolute atomic E-state index is 0.354. The van der Waals surface area contributed by atoms with Gasteiger partial charge in [-0.15, -0.1) is 11.3 Å². The molecule has 0 spiro atoms. The van der Waals surface area contributed by atoms with Crippen LogP contribution in [0.4, 0.5) is 10.9 Å². The Hall–Kier alpha value is -1.47. The number of hydrogen-bond donors (Lipinski definition) is 2. The van der Waals surface area contributed by atoms with Crippen molar-refractivity contribution in [3.05, 3.63) is 22.3 Å². The van der Waals surface area contributed by atoms with Crippen LogP contribution in [0, 0.1) is 6.92 Å². The predicted molar refractivity (Wildman–Crippen MR) is 81.2 cm³/mol. The fourth-order valence-corrected chi connectivity index (χ4v) is 3.14. The van der Waals surface area contributed by atoms with Crippen molar-refractivity contribution in [2.75, 3.05) is 5.32 Å². The van der Waals surface area contributed by atoms with E-state index in [0.29, 0.717) is 10.9 Å². The number of rotatable bonds is 4. The van der Waals surface area contributed by atoms with Crippen LogP contribution in [-0.2, 0) is 7.05 Å². The molecule has 5 nitrogen and oxygen atoms in total. The van der Waals surface area contributed by atoms with E-state index in [-0.39, 0.29) is 0 Å². The van der Waals surface area contributed by atoms with E-state index in [0.717, 1.165) is 22.2 Å². The lowest BCUT2D eigenvalue weighted by atomic mass is 10.2. The monoisotopic (exact) mass is 293 g/mol. The van der Waals surface area contributed by atoms with E-state index in [1.54, 1.807) is 16.0 Å². The molecule has 0 aliphatic heterocycles. The molecular formula is C12H15N5S2. The zero-order valence-electron chi connectivity index (χ0n) is 10.8. The topological polar surface area (TPSA) is 68.8 Å². The first-order valence-corrected chi connectivity index (χ1v) is 7.41. The Kier molecular flexibility index (Phi) is 3.02. The van der Waals surface area contributed by atoms with Gasteiger partial charge in [0.15, 0.2) is 5.13 Å². The molecule has 1 aliphatic rings. The summed E-state index contributed by atoms with van der Waals surface area (Å²) in [5.74, 6) is 1.47. The molecule has 2 heterocycles. The number of aromatic nitrogens is 3. The summed E-state index contributed by atoms with van der Waals surface area (Å²) in [7, 11) is 1.87. The van der Waals surface area contributed by atoms with Gasteiger partial charge in [0.25, 0.3) is 0 Å². The fraction of sp³-hybridized carbons (Fsp3) is 0.417. The van der Waals surface area contributed by atoms with Gasteiger partial charge in [-0.25, -0.2) is 4.98 Å². The normalized spacial score (nSPS) is 14.6. The first-order chi connectivity index (χ1) is 9.06. The van der Waals surface area contributed by atoms with Gasteiger partial charge in [-0.1, -0.05) is 12.2 Å². The number of nitrogens with zero attached hydrogens (tertiary/aromatic N) is 3. The van der Waals surface area contributed by atoms with Crippen LogP contribution in [0.15, 0.2) is 5.38 Å². The maximum absolute atomic E-state index is 5.77. The van der Waals surface area contributed by atoms with Crippen LogP contribution >= 0.6 is 23.6 Å². The standard InChI is InChI=1S/C12H15N5S2/c1-6-9(10(13)18)11(17(2)16-6)15-12-14-8(5-19-12)7-3-4-7/h5,7H,3-4H2,1-2H3,(H2,13,18)(H,14,15). The lowest BCUT2D eigenvalue weighted by molar-refractivity contribution is 0.764. The molecule has 0 aromatic carbocycles. The second-order valence-electron chi connectivity index (χ2n) is 4.77. The highest BCUT2D eigenvalue weighted by molar-refractivity contribution is 7.80. The average molecular weight is 293 g/mol. The molecule has 1 aliphatic carbocycles. The Morgan fingerprint density at radius 3 is 2.95 bits per heavy atom. The van der Waals surface area contributed by atoms with Crippen molar-refractivity contribution < 1.29 is 0 Å². The summed E-state index contributed by atoms with van der Waals surface area (Å²) in [6, 6.07) is 0. The van der Waals surface area contributed by atoms with Gasteiger partial charge in [0.2, 0.25) is 0 Å². The fourth-order valence-electron chi connectivity index (χ4n) is 2.11. The number of aryl methyl sites for hydroxylation is 2. The first-order valence-electron chi connectivity index (χ1n) is 6.12. The lowest BCUT2D eigenvalue weighted by Crippen LogP contribution is -2.12. The number of thiocarbonyl (C=S) groups is 1. The molecule has 7 heteroatoms. The molecule has 0 atom stereocenters. The number of anilines is 2. The summed E-state index contributed by atoms with van der Waals surface area (Å²) >= 11 is 6.69. The molecule has 3 N–H and O–H groups in total. The molecule has 0 radical (unpaired) electrons. The van der Waals surface area contributed by atoms with E-state index < -0.39 is 0 Å². The van der Waals surface area contributed by atoms with Gasteiger partial charge in [-0.3, -0.25) is 4.68 Å². The summed E-state index contributed by atoms with van der Waals surface area (Å²) in [4.78, 5) is 4.95. The van der Waals surface area contributed by atoms with Crippen LogP contribution in [0.1, 0.15) is 35.7 Å². The Bertz CT molecular complexity index is 639. The number of nitrogens with one attached hydrogen (secondary N) is 1. The summed E-state index contributed by atoms with van der Waals surface area (Å²) in [6.45, 7) is 1.90. The SMILES string of the molecule is Cc1nn(C)c(Nc2nc(C3CC3)cs2)c1C(N)=S. The summed E-state index contributed by atoms with van der Waals surface area (Å²) in [6.07, 6.45) is 2.51. The van der Waals surface area contributed by atoms with Gasteiger partial charge in [-0.05, 0) is 19.8 Å². The molecule has 0 unspecified atom stereocenters. The zero-order chi connectivity index (χ0) is 13.6. The van der Waals surface area contributed by atoms with Gasteiger partial charge in [0.05, 0.1) is 17.0 Å². The van der Waals surface area contributed by atoms with Gasteiger partial charge in [-0.2, -0.15) is 5.10 Å². The molecule has 2 aromatic heterocycles. The van der Waals surface area contributed by atoms with E-state index in [2.05, 4.69) is 20.8 Å². The molecule has 1 saturated carbocycles. The largest absolute Gasteiger partial charge is 0.389 e. The third-order valence-electron chi connectivity index (χ3n) is 3.21. The van der Waals surface area contributed by atoms with Crippen LogP contribution in [0.3, 0.4) is 0 Å². The number of nitrogens with two attached hydrogens (primary N) is 1. The van der Waals surface area contributed by atoms with Crippen molar-refractivity contribution in [3.8, 4) is 0 Å². The molecule has 0 amide bonds. The third kappa shape index (κ3) is 2.35. The second kappa shape index (κ2) is 4.57. The molecule has 0 saturated heterocycles. The van der Waals surface area contributed by atoms with Crippen LogP contribution in [-0.4, -0.2) is 19.8 Å². The molecule has 100 valence electrons. The third-order valence-corrected chi connectivity index (χ3v) is 4.19. The van der Waals surface area contributed by atoms with E-state index in [4.69, 9.17) is 18.0 Å². The zero-order valence-corrected chi connectivity index (χ0v) is 12.4. The highest BCUT2D eigenvalue weighted by Gasteiger charge is 2.26.